The number of anilines is 1. The Morgan fingerprint density at radius 2 is 2.21 bits per heavy atom. The Morgan fingerprint density at radius 3 is 2.74 bits per heavy atom. The van der Waals surface area contributed by atoms with Gasteiger partial charge in [-0.3, -0.25) is 0 Å². The molecule has 0 heterocycles. The molecule has 0 atom stereocenters. The van der Waals surface area contributed by atoms with Crippen LogP contribution in [0.1, 0.15) is 32.3 Å². The molecule has 104 valence electrons. The molecule has 0 spiro atoms. The summed E-state index contributed by atoms with van der Waals surface area (Å²) in [4.78, 5) is 2.18. The molecule has 1 aliphatic rings. The van der Waals surface area contributed by atoms with E-state index in [1.807, 2.05) is 0 Å². The quantitative estimate of drug-likeness (QED) is 0.372. The van der Waals surface area contributed by atoms with Gasteiger partial charge in [-0.25, -0.2) is 4.39 Å². The predicted molar refractivity (Wildman–Crippen MR) is 74.1 cm³/mol. The monoisotopic (exact) mass is 265 g/mol. The molecule has 1 fully saturated rings. The highest BCUT2D eigenvalue weighted by Gasteiger charge is 2.27. The van der Waals surface area contributed by atoms with Crippen LogP contribution in [0.3, 0.4) is 0 Å². The van der Waals surface area contributed by atoms with Crippen LogP contribution in [0.2, 0.25) is 0 Å². The second-order valence-electron chi connectivity index (χ2n) is 5.34. The molecular weight excluding hydrogens is 245 g/mol. The van der Waals surface area contributed by atoms with E-state index in [1.165, 1.54) is 25.0 Å². The number of hydrogen-bond acceptors (Lipinski definition) is 3. The molecule has 1 aliphatic carbocycles. The smallest absolute Gasteiger partial charge is 0.172 e. The van der Waals surface area contributed by atoms with Crippen molar-refractivity contribution in [1.82, 2.24) is 0 Å². The maximum atomic E-state index is 13.4. The Balaban J connectivity index is 2.39. The highest BCUT2D eigenvalue weighted by molar-refractivity contribution is 6.02. The summed E-state index contributed by atoms with van der Waals surface area (Å²) in [6.07, 6.45) is 2.48. The molecule has 1 aromatic carbocycles. The summed E-state index contributed by atoms with van der Waals surface area (Å²) in [7, 11) is 0. The van der Waals surface area contributed by atoms with Gasteiger partial charge >= 0.3 is 0 Å². The standard InChI is InChI=1S/C14H20FN3O/c1-9(2)18(8-10-3-4-10)13-6-5-11(15)7-12(13)14(16)17-19/h5-7,9-10,19H,3-4,8H2,1-2H3,(H2,16,17). The summed E-state index contributed by atoms with van der Waals surface area (Å²) >= 11 is 0. The first kappa shape index (κ1) is 13.6. The fourth-order valence-corrected chi connectivity index (χ4v) is 2.18. The number of oxime groups is 1. The average Bonchev–Trinajstić information content (AvgIpc) is 3.19. The SMILES string of the molecule is CC(C)N(CC1CC1)c1ccc(F)cc1C(N)=NO. The first-order valence-electron chi connectivity index (χ1n) is 6.57. The lowest BCUT2D eigenvalue weighted by atomic mass is 10.1. The van der Waals surface area contributed by atoms with Crippen molar-refractivity contribution >= 4 is 11.5 Å². The van der Waals surface area contributed by atoms with Gasteiger partial charge in [0.15, 0.2) is 5.84 Å². The third-order valence-electron chi connectivity index (χ3n) is 3.43. The van der Waals surface area contributed by atoms with Crippen LogP contribution >= 0.6 is 0 Å². The van der Waals surface area contributed by atoms with Crippen molar-refractivity contribution in [3.63, 3.8) is 0 Å². The molecule has 2 rings (SSSR count). The first-order valence-corrected chi connectivity index (χ1v) is 6.57. The van der Waals surface area contributed by atoms with Crippen LogP contribution in [0.15, 0.2) is 23.4 Å². The maximum Gasteiger partial charge on any atom is 0.172 e. The Hall–Kier alpha value is -1.78. The zero-order chi connectivity index (χ0) is 14.0. The third kappa shape index (κ3) is 3.16. The van der Waals surface area contributed by atoms with E-state index in [2.05, 4.69) is 23.9 Å². The van der Waals surface area contributed by atoms with E-state index in [0.717, 1.165) is 12.2 Å². The lowest BCUT2D eigenvalue weighted by molar-refractivity contribution is 0.318. The predicted octanol–water partition coefficient (Wildman–Crippen LogP) is 2.54. The van der Waals surface area contributed by atoms with Crippen LogP contribution in [-0.4, -0.2) is 23.6 Å². The number of hydrogen-bond donors (Lipinski definition) is 2. The summed E-state index contributed by atoms with van der Waals surface area (Å²) in [5, 5.41) is 11.8. The van der Waals surface area contributed by atoms with Crippen molar-refractivity contribution < 1.29 is 9.60 Å². The van der Waals surface area contributed by atoms with Gasteiger partial charge in [0.2, 0.25) is 0 Å². The van der Waals surface area contributed by atoms with Gasteiger partial charge < -0.3 is 15.8 Å². The van der Waals surface area contributed by atoms with Gasteiger partial charge in [-0.05, 0) is 50.8 Å². The lowest BCUT2D eigenvalue weighted by Gasteiger charge is -2.30. The van der Waals surface area contributed by atoms with Crippen LogP contribution in [0, 0.1) is 11.7 Å². The second kappa shape index (κ2) is 5.47. The highest BCUT2D eigenvalue weighted by atomic mass is 19.1. The molecule has 0 bridgehead atoms. The molecule has 5 heteroatoms. The molecule has 1 saturated carbocycles. The minimum Gasteiger partial charge on any atom is -0.409 e. The number of amidine groups is 1. The van der Waals surface area contributed by atoms with Crippen LogP contribution < -0.4 is 10.6 Å². The fourth-order valence-electron chi connectivity index (χ4n) is 2.18. The zero-order valence-electron chi connectivity index (χ0n) is 11.3. The normalized spacial score (nSPS) is 15.9. The molecular formula is C14H20FN3O. The number of nitrogens with zero attached hydrogens (tertiary/aromatic N) is 2. The highest BCUT2D eigenvalue weighted by Crippen LogP contribution is 2.33. The van der Waals surface area contributed by atoms with Crippen molar-refractivity contribution in [2.75, 3.05) is 11.4 Å². The molecule has 0 amide bonds. The van der Waals surface area contributed by atoms with Gasteiger partial charge in [-0.15, -0.1) is 0 Å². The minimum absolute atomic E-state index is 0.0593. The van der Waals surface area contributed by atoms with E-state index < -0.39 is 0 Å². The molecule has 0 aromatic heterocycles. The van der Waals surface area contributed by atoms with Crippen molar-refractivity contribution in [2.45, 2.75) is 32.7 Å². The number of nitrogens with two attached hydrogens (primary N) is 1. The molecule has 1 aromatic rings. The topological polar surface area (TPSA) is 61.8 Å². The van der Waals surface area contributed by atoms with E-state index >= 15 is 0 Å². The maximum absolute atomic E-state index is 13.4. The molecule has 4 nitrogen and oxygen atoms in total. The van der Waals surface area contributed by atoms with E-state index in [9.17, 15) is 4.39 Å². The molecule has 0 aliphatic heterocycles. The van der Waals surface area contributed by atoms with Gasteiger partial charge in [-0.2, -0.15) is 0 Å². The van der Waals surface area contributed by atoms with Gasteiger partial charge in [0.1, 0.15) is 5.82 Å². The Bertz CT molecular complexity index is 484. The van der Waals surface area contributed by atoms with Crippen LogP contribution in [-0.2, 0) is 0 Å². The second-order valence-corrected chi connectivity index (χ2v) is 5.34. The molecule has 0 radical (unpaired) electrons. The van der Waals surface area contributed by atoms with Gasteiger partial charge in [-0.1, -0.05) is 5.16 Å². The van der Waals surface area contributed by atoms with E-state index in [4.69, 9.17) is 10.9 Å². The summed E-state index contributed by atoms with van der Waals surface area (Å²) in [6, 6.07) is 4.69. The summed E-state index contributed by atoms with van der Waals surface area (Å²) in [5.41, 5.74) is 6.91. The van der Waals surface area contributed by atoms with E-state index in [-0.39, 0.29) is 17.7 Å². The van der Waals surface area contributed by atoms with E-state index in [0.29, 0.717) is 11.5 Å². The number of halogens is 1. The Labute approximate surface area is 112 Å². The molecule has 0 saturated heterocycles. The van der Waals surface area contributed by atoms with Crippen molar-refractivity contribution in [2.24, 2.45) is 16.8 Å². The van der Waals surface area contributed by atoms with Crippen LogP contribution in [0.5, 0.6) is 0 Å². The largest absolute Gasteiger partial charge is 0.409 e. The number of rotatable bonds is 5. The van der Waals surface area contributed by atoms with Crippen LogP contribution in [0.25, 0.3) is 0 Å². The average molecular weight is 265 g/mol. The fraction of sp³-hybridized carbons (Fsp3) is 0.500. The minimum atomic E-state index is -0.388. The lowest BCUT2D eigenvalue weighted by Crippen LogP contribution is -2.34. The van der Waals surface area contributed by atoms with Crippen LogP contribution in [0.4, 0.5) is 10.1 Å². The van der Waals surface area contributed by atoms with E-state index in [1.54, 1.807) is 6.07 Å². The number of benzene rings is 1. The van der Waals surface area contributed by atoms with Gasteiger partial charge in [0.05, 0.1) is 0 Å². The molecule has 0 unspecified atom stereocenters. The summed E-state index contributed by atoms with van der Waals surface area (Å²) in [5.74, 6) is 0.254. The Morgan fingerprint density at radius 1 is 1.53 bits per heavy atom. The summed E-state index contributed by atoms with van der Waals surface area (Å²) in [6.45, 7) is 5.10. The van der Waals surface area contributed by atoms with Crippen molar-refractivity contribution in [3.8, 4) is 0 Å². The summed E-state index contributed by atoms with van der Waals surface area (Å²) < 4.78 is 13.4. The van der Waals surface area contributed by atoms with Gasteiger partial charge in [0.25, 0.3) is 0 Å². The zero-order valence-corrected chi connectivity index (χ0v) is 11.3. The molecule has 19 heavy (non-hydrogen) atoms. The first-order chi connectivity index (χ1) is 9.02. The van der Waals surface area contributed by atoms with Crippen molar-refractivity contribution in [1.29, 1.82) is 0 Å². The Kier molecular flexibility index (Phi) is 3.93. The third-order valence-corrected chi connectivity index (χ3v) is 3.43. The van der Waals surface area contributed by atoms with Crippen molar-refractivity contribution in [3.05, 3.63) is 29.6 Å². The van der Waals surface area contributed by atoms with Gasteiger partial charge in [0, 0.05) is 23.8 Å². The molecule has 3 N–H and O–H groups in total.